The van der Waals surface area contributed by atoms with E-state index >= 15 is 0 Å². The Kier molecular flexibility index (Phi) is 6.51. The molecule has 0 N–H and O–H groups in total. The minimum atomic E-state index is 0.431. The summed E-state index contributed by atoms with van der Waals surface area (Å²) in [5.41, 5.74) is 0.902. The van der Waals surface area contributed by atoms with E-state index < -0.39 is 0 Å². The fourth-order valence-corrected chi connectivity index (χ4v) is 1.60. The SMILES string of the molecule is CC(C=CCC(C)(C)C(C)C)CCC(C)(C)C. The van der Waals surface area contributed by atoms with E-state index in [1.165, 1.54) is 19.3 Å². The zero-order valence-electron chi connectivity index (χ0n) is 13.4. The van der Waals surface area contributed by atoms with Crippen molar-refractivity contribution >= 4 is 0 Å². The Hall–Kier alpha value is -0.260. The summed E-state index contributed by atoms with van der Waals surface area (Å²) in [6.45, 7) is 18.7. The Morgan fingerprint density at radius 2 is 1.47 bits per heavy atom. The summed E-state index contributed by atoms with van der Waals surface area (Å²) in [7, 11) is 0. The molecule has 0 amide bonds. The molecule has 0 saturated carbocycles. The molecule has 0 aromatic heterocycles. The number of hydrogen-bond donors (Lipinski definition) is 0. The summed E-state index contributed by atoms with van der Waals surface area (Å²) in [6, 6.07) is 0. The highest BCUT2D eigenvalue weighted by Gasteiger charge is 2.20. The first-order chi connectivity index (χ1) is 7.54. The molecule has 0 aromatic carbocycles. The average Bonchev–Trinajstić information content (AvgIpc) is 2.13. The van der Waals surface area contributed by atoms with Crippen LogP contribution in [0.1, 0.15) is 74.7 Å². The molecule has 0 aliphatic heterocycles. The molecule has 0 heterocycles. The Bertz CT molecular complexity index is 225. The first-order valence-corrected chi connectivity index (χ1v) is 7.21. The Morgan fingerprint density at radius 1 is 0.941 bits per heavy atom. The molecule has 0 rings (SSSR count). The van der Waals surface area contributed by atoms with Crippen LogP contribution in [0.3, 0.4) is 0 Å². The second kappa shape index (κ2) is 6.61. The van der Waals surface area contributed by atoms with Crippen molar-refractivity contribution in [3.05, 3.63) is 12.2 Å². The van der Waals surface area contributed by atoms with Gasteiger partial charge in [0.25, 0.3) is 0 Å². The lowest BCUT2D eigenvalue weighted by Gasteiger charge is -2.28. The summed E-state index contributed by atoms with van der Waals surface area (Å²) in [4.78, 5) is 0. The van der Waals surface area contributed by atoms with Crippen LogP contribution in [0, 0.1) is 22.7 Å². The van der Waals surface area contributed by atoms with E-state index in [0.29, 0.717) is 10.8 Å². The van der Waals surface area contributed by atoms with Gasteiger partial charge in [-0.05, 0) is 41.9 Å². The fourth-order valence-electron chi connectivity index (χ4n) is 1.60. The van der Waals surface area contributed by atoms with Crippen molar-refractivity contribution in [3.63, 3.8) is 0 Å². The first-order valence-electron chi connectivity index (χ1n) is 7.21. The van der Waals surface area contributed by atoms with Crippen molar-refractivity contribution in [1.82, 2.24) is 0 Å². The minimum absolute atomic E-state index is 0.431. The van der Waals surface area contributed by atoms with Gasteiger partial charge in [-0.25, -0.2) is 0 Å². The van der Waals surface area contributed by atoms with Gasteiger partial charge in [-0.15, -0.1) is 0 Å². The van der Waals surface area contributed by atoms with Crippen LogP contribution in [0.5, 0.6) is 0 Å². The molecule has 1 atom stereocenters. The highest BCUT2D eigenvalue weighted by Crippen LogP contribution is 2.31. The smallest absolute Gasteiger partial charge is 0.0262 e. The second-order valence-corrected chi connectivity index (χ2v) is 7.85. The van der Waals surface area contributed by atoms with Gasteiger partial charge in [0.2, 0.25) is 0 Å². The summed E-state index contributed by atoms with van der Waals surface area (Å²) >= 11 is 0. The molecule has 17 heavy (non-hydrogen) atoms. The molecule has 0 fully saturated rings. The zero-order chi connectivity index (χ0) is 13.7. The maximum atomic E-state index is 2.41. The lowest BCUT2D eigenvalue weighted by molar-refractivity contribution is 0.253. The standard InChI is InChI=1S/C17H34/c1-14(2)17(7,8)12-9-10-15(3)11-13-16(4,5)6/h9-10,14-15H,11-13H2,1-8H3. The highest BCUT2D eigenvalue weighted by molar-refractivity contribution is 4.91. The van der Waals surface area contributed by atoms with Crippen LogP contribution in [0.2, 0.25) is 0 Å². The van der Waals surface area contributed by atoms with Gasteiger partial charge in [-0.3, -0.25) is 0 Å². The van der Waals surface area contributed by atoms with Gasteiger partial charge in [-0.2, -0.15) is 0 Å². The predicted molar refractivity (Wildman–Crippen MR) is 80.2 cm³/mol. The topological polar surface area (TPSA) is 0 Å². The molecular weight excluding hydrogens is 204 g/mol. The maximum absolute atomic E-state index is 2.41. The summed E-state index contributed by atoms with van der Waals surface area (Å²) in [5, 5.41) is 0. The van der Waals surface area contributed by atoms with Gasteiger partial charge >= 0.3 is 0 Å². The van der Waals surface area contributed by atoms with E-state index in [1.54, 1.807) is 0 Å². The van der Waals surface area contributed by atoms with E-state index in [2.05, 4.69) is 67.5 Å². The molecule has 0 nitrogen and oxygen atoms in total. The van der Waals surface area contributed by atoms with Crippen LogP contribution >= 0.6 is 0 Å². The molecule has 1 unspecified atom stereocenters. The monoisotopic (exact) mass is 238 g/mol. The Labute approximate surface area is 110 Å². The van der Waals surface area contributed by atoms with E-state index in [1.807, 2.05) is 0 Å². The third-order valence-corrected chi connectivity index (χ3v) is 4.02. The van der Waals surface area contributed by atoms with Gasteiger partial charge in [-0.1, -0.05) is 67.5 Å². The van der Waals surface area contributed by atoms with Crippen LogP contribution in [0.25, 0.3) is 0 Å². The van der Waals surface area contributed by atoms with E-state index in [9.17, 15) is 0 Å². The summed E-state index contributed by atoms with van der Waals surface area (Å²) < 4.78 is 0. The van der Waals surface area contributed by atoms with Crippen molar-refractivity contribution in [1.29, 1.82) is 0 Å². The summed E-state index contributed by atoms with van der Waals surface area (Å²) in [6.07, 6.45) is 8.63. The van der Waals surface area contributed by atoms with Crippen LogP contribution in [-0.4, -0.2) is 0 Å². The third kappa shape index (κ3) is 8.46. The van der Waals surface area contributed by atoms with Crippen LogP contribution in [0.15, 0.2) is 12.2 Å². The van der Waals surface area contributed by atoms with Crippen molar-refractivity contribution in [2.24, 2.45) is 22.7 Å². The van der Waals surface area contributed by atoms with Gasteiger partial charge < -0.3 is 0 Å². The van der Waals surface area contributed by atoms with Crippen LogP contribution < -0.4 is 0 Å². The Morgan fingerprint density at radius 3 is 1.88 bits per heavy atom. The third-order valence-electron chi connectivity index (χ3n) is 4.02. The molecule has 0 aliphatic rings. The molecule has 0 radical (unpaired) electrons. The average molecular weight is 238 g/mol. The molecule has 102 valence electrons. The second-order valence-electron chi connectivity index (χ2n) is 7.85. The van der Waals surface area contributed by atoms with Crippen molar-refractivity contribution < 1.29 is 0 Å². The largest absolute Gasteiger partial charge is 0.0877 e. The number of rotatable bonds is 6. The summed E-state index contributed by atoms with van der Waals surface area (Å²) in [5.74, 6) is 1.47. The van der Waals surface area contributed by atoms with Crippen molar-refractivity contribution in [2.75, 3.05) is 0 Å². The lowest BCUT2D eigenvalue weighted by Crippen LogP contribution is -2.17. The van der Waals surface area contributed by atoms with E-state index in [0.717, 1.165) is 11.8 Å². The minimum Gasteiger partial charge on any atom is -0.0877 e. The number of allylic oxidation sites excluding steroid dienone is 2. The highest BCUT2D eigenvalue weighted by atomic mass is 14.3. The molecular formula is C17H34. The maximum Gasteiger partial charge on any atom is -0.0262 e. The number of hydrogen-bond acceptors (Lipinski definition) is 0. The Balaban J connectivity index is 4.01. The molecule has 0 saturated heterocycles. The van der Waals surface area contributed by atoms with Gasteiger partial charge in [0, 0.05) is 0 Å². The van der Waals surface area contributed by atoms with Crippen molar-refractivity contribution in [2.45, 2.75) is 74.7 Å². The molecule has 0 aliphatic carbocycles. The van der Waals surface area contributed by atoms with Gasteiger partial charge in [0.1, 0.15) is 0 Å². The first kappa shape index (κ1) is 16.7. The van der Waals surface area contributed by atoms with Gasteiger partial charge in [0.15, 0.2) is 0 Å². The molecule has 0 heteroatoms. The molecule has 0 aromatic rings. The van der Waals surface area contributed by atoms with Gasteiger partial charge in [0.05, 0.1) is 0 Å². The quantitative estimate of drug-likeness (QED) is 0.492. The van der Waals surface area contributed by atoms with E-state index in [-0.39, 0.29) is 0 Å². The predicted octanol–water partition coefficient (Wildman–Crippen LogP) is 6.08. The normalized spacial score (nSPS) is 15.8. The molecule has 0 bridgehead atoms. The van der Waals surface area contributed by atoms with Crippen LogP contribution in [0.4, 0.5) is 0 Å². The van der Waals surface area contributed by atoms with Crippen molar-refractivity contribution in [3.8, 4) is 0 Å². The van der Waals surface area contributed by atoms with E-state index in [4.69, 9.17) is 0 Å². The fraction of sp³-hybridized carbons (Fsp3) is 0.882. The lowest BCUT2D eigenvalue weighted by atomic mass is 9.78. The zero-order valence-corrected chi connectivity index (χ0v) is 13.4. The molecule has 0 spiro atoms. The van der Waals surface area contributed by atoms with Crippen LogP contribution in [-0.2, 0) is 0 Å².